The van der Waals surface area contributed by atoms with Crippen LogP contribution in [0.5, 0.6) is 5.75 Å². The summed E-state index contributed by atoms with van der Waals surface area (Å²) >= 11 is 0. The van der Waals surface area contributed by atoms with Gasteiger partial charge in [-0.05, 0) is 61.7 Å². The van der Waals surface area contributed by atoms with E-state index in [4.69, 9.17) is 4.74 Å². The molecule has 4 nitrogen and oxygen atoms in total. The SMILES string of the molecule is Cc1cccc(OCC(=O)NCc2cccc(CN3CCCCC3)c2)c1. The van der Waals surface area contributed by atoms with E-state index in [-0.39, 0.29) is 12.5 Å². The summed E-state index contributed by atoms with van der Waals surface area (Å²) in [6.07, 6.45) is 3.96. The first-order valence-corrected chi connectivity index (χ1v) is 9.45. The van der Waals surface area contributed by atoms with Gasteiger partial charge in [-0.1, -0.05) is 42.8 Å². The minimum Gasteiger partial charge on any atom is -0.484 e. The van der Waals surface area contributed by atoms with Crippen LogP contribution in [-0.2, 0) is 17.9 Å². The summed E-state index contributed by atoms with van der Waals surface area (Å²) in [5, 5.41) is 2.94. The van der Waals surface area contributed by atoms with Crippen molar-refractivity contribution in [3.63, 3.8) is 0 Å². The maximum absolute atomic E-state index is 12.0. The largest absolute Gasteiger partial charge is 0.484 e. The van der Waals surface area contributed by atoms with Gasteiger partial charge in [0.15, 0.2) is 6.61 Å². The number of piperidine rings is 1. The molecule has 1 N–H and O–H groups in total. The van der Waals surface area contributed by atoms with Gasteiger partial charge < -0.3 is 10.1 Å². The van der Waals surface area contributed by atoms with Crippen LogP contribution in [0.2, 0.25) is 0 Å². The zero-order valence-corrected chi connectivity index (χ0v) is 15.5. The van der Waals surface area contributed by atoms with Crippen molar-refractivity contribution in [1.82, 2.24) is 10.2 Å². The molecular weight excluding hydrogens is 324 g/mol. The second-order valence-corrected chi connectivity index (χ2v) is 7.04. The number of ether oxygens (including phenoxy) is 1. The molecule has 1 amide bonds. The first-order valence-electron chi connectivity index (χ1n) is 9.45. The maximum atomic E-state index is 12.0. The molecule has 3 rings (SSSR count). The Morgan fingerprint density at radius 1 is 1.04 bits per heavy atom. The monoisotopic (exact) mass is 352 g/mol. The van der Waals surface area contributed by atoms with Gasteiger partial charge in [-0.15, -0.1) is 0 Å². The summed E-state index contributed by atoms with van der Waals surface area (Å²) < 4.78 is 5.54. The van der Waals surface area contributed by atoms with Gasteiger partial charge in [-0.3, -0.25) is 9.69 Å². The Bertz CT molecular complexity index is 724. The molecule has 0 radical (unpaired) electrons. The minimum atomic E-state index is -0.104. The number of carbonyl (C=O) groups is 1. The minimum absolute atomic E-state index is 0.0386. The van der Waals surface area contributed by atoms with Gasteiger partial charge >= 0.3 is 0 Å². The highest BCUT2D eigenvalue weighted by molar-refractivity contribution is 5.77. The highest BCUT2D eigenvalue weighted by atomic mass is 16.5. The molecule has 0 aliphatic carbocycles. The van der Waals surface area contributed by atoms with E-state index in [0.29, 0.717) is 6.54 Å². The number of hydrogen-bond donors (Lipinski definition) is 1. The van der Waals surface area contributed by atoms with Gasteiger partial charge in [0, 0.05) is 13.1 Å². The molecule has 0 unspecified atom stereocenters. The molecule has 2 aromatic carbocycles. The van der Waals surface area contributed by atoms with Crippen molar-refractivity contribution >= 4 is 5.91 Å². The number of nitrogens with zero attached hydrogens (tertiary/aromatic N) is 1. The Morgan fingerprint density at radius 2 is 1.81 bits per heavy atom. The van der Waals surface area contributed by atoms with Crippen LogP contribution in [0.25, 0.3) is 0 Å². The van der Waals surface area contributed by atoms with Crippen LogP contribution in [0, 0.1) is 6.92 Å². The van der Waals surface area contributed by atoms with E-state index in [1.807, 2.05) is 31.2 Å². The molecule has 1 aliphatic rings. The van der Waals surface area contributed by atoms with E-state index in [9.17, 15) is 4.79 Å². The normalized spacial score (nSPS) is 14.8. The van der Waals surface area contributed by atoms with Gasteiger partial charge in [0.05, 0.1) is 0 Å². The summed E-state index contributed by atoms with van der Waals surface area (Å²) in [5.74, 6) is 0.622. The molecule has 0 saturated carbocycles. The van der Waals surface area contributed by atoms with Crippen LogP contribution in [-0.4, -0.2) is 30.5 Å². The van der Waals surface area contributed by atoms with Crippen LogP contribution in [0.15, 0.2) is 48.5 Å². The lowest BCUT2D eigenvalue weighted by Gasteiger charge is -2.26. The maximum Gasteiger partial charge on any atom is 0.258 e. The average molecular weight is 352 g/mol. The lowest BCUT2D eigenvalue weighted by Crippen LogP contribution is -2.29. The van der Waals surface area contributed by atoms with E-state index in [1.165, 1.54) is 37.9 Å². The number of carbonyl (C=O) groups excluding carboxylic acids is 1. The van der Waals surface area contributed by atoms with Crippen molar-refractivity contribution in [3.05, 3.63) is 65.2 Å². The molecule has 0 aromatic heterocycles. The Morgan fingerprint density at radius 3 is 2.62 bits per heavy atom. The van der Waals surface area contributed by atoms with Gasteiger partial charge in [-0.25, -0.2) is 0 Å². The van der Waals surface area contributed by atoms with Gasteiger partial charge in [-0.2, -0.15) is 0 Å². The van der Waals surface area contributed by atoms with Crippen molar-refractivity contribution in [2.75, 3.05) is 19.7 Å². The molecule has 2 aromatic rings. The van der Waals surface area contributed by atoms with Gasteiger partial charge in [0.25, 0.3) is 5.91 Å². The Balaban J connectivity index is 1.44. The number of nitrogens with one attached hydrogen (secondary N) is 1. The number of amides is 1. The predicted molar refractivity (Wildman–Crippen MR) is 104 cm³/mol. The number of hydrogen-bond acceptors (Lipinski definition) is 3. The van der Waals surface area contributed by atoms with Gasteiger partial charge in [0.1, 0.15) is 5.75 Å². The molecule has 4 heteroatoms. The molecule has 0 bridgehead atoms. The molecule has 0 atom stereocenters. The lowest BCUT2D eigenvalue weighted by atomic mass is 10.1. The van der Waals surface area contributed by atoms with Gasteiger partial charge in [0.2, 0.25) is 0 Å². The summed E-state index contributed by atoms with van der Waals surface area (Å²) in [4.78, 5) is 14.5. The van der Waals surface area contributed by atoms with Crippen LogP contribution < -0.4 is 10.1 Å². The summed E-state index contributed by atoms with van der Waals surface area (Å²) in [6, 6.07) is 16.2. The second kappa shape index (κ2) is 9.39. The van der Waals surface area contributed by atoms with Crippen molar-refractivity contribution in [1.29, 1.82) is 0 Å². The number of aryl methyl sites for hydroxylation is 1. The topological polar surface area (TPSA) is 41.6 Å². The second-order valence-electron chi connectivity index (χ2n) is 7.04. The molecule has 138 valence electrons. The highest BCUT2D eigenvalue weighted by Gasteiger charge is 2.10. The number of likely N-dealkylation sites (tertiary alicyclic amines) is 1. The van der Waals surface area contributed by atoms with Crippen molar-refractivity contribution < 1.29 is 9.53 Å². The van der Waals surface area contributed by atoms with E-state index < -0.39 is 0 Å². The summed E-state index contributed by atoms with van der Waals surface area (Å²) in [5.41, 5.74) is 3.56. The van der Waals surface area contributed by atoms with Crippen LogP contribution in [0.4, 0.5) is 0 Å². The average Bonchev–Trinajstić information content (AvgIpc) is 2.66. The first-order chi connectivity index (χ1) is 12.7. The lowest BCUT2D eigenvalue weighted by molar-refractivity contribution is -0.123. The third kappa shape index (κ3) is 5.88. The van der Waals surface area contributed by atoms with Crippen molar-refractivity contribution in [2.45, 2.75) is 39.3 Å². The zero-order valence-electron chi connectivity index (χ0n) is 15.5. The molecule has 26 heavy (non-hydrogen) atoms. The first kappa shape index (κ1) is 18.5. The predicted octanol–water partition coefficient (Wildman–Crippen LogP) is 3.68. The Labute approximate surface area is 156 Å². The van der Waals surface area contributed by atoms with E-state index in [1.54, 1.807) is 0 Å². The number of rotatable bonds is 7. The highest BCUT2D eigenvalue weighted by Crippen LogP contribution is 2.14. The fraction of sp³-hybridized carbons (Fsp3) is 0.409. The summed E-state index contributed by atoms with van der Waals surface area (Å²) in [7, 11) is 0. The molecule has 1 heterocycles. The third-order valence-corrected chi connectivity index (χ3v) is 4.70. The smallest absolute Gasteiger partial charge is 0.258 e. The fourth-order valence-electron chi connectivity index (χ4n) is 3.32. The van der Waals surface area contributed by atoms with Crippen LogP contribution in [0.1, 0.15) is 36.0 Å². The van der Waals surface area contributed by atoms with Crippen LogP contribution >= 0.6 is 0 Å². The molecular formula is C22H28N2O2. The standard InChI is InChI=1S/C22H28N2O2/c1-18-7-5-10-21(13-18)26-17-22(25)23-15-19-8-6-9-20(14-19)16-24-11-3-2-4-12-24/h5-10,13-14H,2-4,11-12,15-17H2,1H3,(H,23,25). The van der Waals surface area contributed by atoms with Crippen LogP contribution in [0.3, 0.4) is 0 Å². The quantitative estimate of drug-likeness (QED) is 0.826. The van der Waals surface area contributed by atoms with E-state index in [0.717, 1.165) is 23.4 Å². The van der Waals surface area contributed by atoms with Crippen molar-refractivity contribution in [2.24, 2.45) is 0 Å². The van der Waals surface area contributed by atoms with E-state index in [2.05, 4.69) is 34.5 Å². The fourth-order valence-corrected chi connectivity index (χ4v) is 3.32. The zero-order chi connectivity index (χ0) is 18.2. The molecule has 1 saturated heterocycles. The Hall–Kier alpha value is -2.33. The molecule has 1 fully saturated rings. The van der Waals surface area contributed by atoms with E-state index >= 15 is 0 Å². The third-order valence-electron chi connectivity index (χ3n) is 4.70. The Kier molecular flexibility index (Phi) is 6.67. The van der Waals surface area contributed by atoms with Crippen molar-refractivity contribution in [3.8, 4) is 5.75 Å². The summed E-state index contributed by atoms with van der Waals surface area (Å²) in [6.45, 7) is 5.96. The molecule has 1 aliphatic heterocycles. The number of benzene rings is 2. The molecule has 0 spiro atoms.